The minimum Gasteiger partial charge on any atom is -0.494 e. The molecule has 0 radical (unpaired) electrons. The first-order valence-corrected chi connectivity index (χ1v) is 11.0. The Labute approximate surface area is 189 Å². The van der Waals surface area contributed by atoms with E-state index in [0.717, 1.165) is 47.6 Å². The number of nitrogens with zero attached hydrogens (tertiary/aromatic N) is 2. The molecule has 0 aliphatic carbocycles. The van der Waals surface area contributed by atoms with Gasteiger partial charge >= 0.3 is 0 Å². The highest BCUT2D eigenvalue weighted by atomic mass is 16.5. The summed E-state index contributed by atoms with van der Waals surface area (Å²) in [5, 5.41) is 0. The zero-order valence-electron chi connectivity index (χ0n) is 19.2. The first-order valence-electron chi connectivity index (χ1n) is 11.0. The molecule has 0 N–H and O–H groups in total. The molecule has 4 aromatic rings. The minimum absolute atomic E-state index is 0.696. The van der Waals surface area contributed by atoms with Crippen molar-refractivity contribution in [1.82, 2.24) is 9.55 Å². The van der Waals surface area contributed by atoms with Gasteiger partial charge in [-0.25, -0.2) is 4.98 Å². The molecule has 32 heavy (non-hydrogen) atoms. The van der Waals surface area contributed by atoms with Crippen LogP contribution in [0, 0.1) is 13.8 Å². The van der Waals surface area contributed by atoms with Gasteiger partial charge in [-0.2, -0.15) is 0 Å². The van der Waals surface area contributed by atoms with Gasteiger partial charge in [-0.3, -0.25) is 0 Å². The molecule has 166 valence electrons. The zero-order chi connectivity index (χ0) is 22.5. The number of imidazole rings is 1. The number of hydrogen-bond donors (Lipinski definition) is 0. The third kappa shape index (κ3) is 4.72. The second kappa shape index (κ2) is 9.77. The van der Waals surface area contributed by atoms with Crippen LogP contribution in [0.4, 0.5) is 0 Å². The van der Waals surface area contributed by atoms with E-state index >= 15 is 0 Å². The van der Waals surface area contributed by atoms with Crippen LogP contribution in [0.1, 0.15) is 24.0 Å². The summed E-state index contributed by atoms with van der Waals surface area (Å²) in [5.74, 6) is 3.29. The topological polar surface area (TPSA) is 45.5 Å². The normalized spacial score (nSPS) is 11.0. The third-order valence-electron chi connectivity index (χ3n) is 5.54. The highest BCUT2D eigenvalue weighted by Gasteiger charge is 2.14. The highest BCUT2D eigenvalue weighted by molar-refractivity contribution is 5.81. The summed E-state index contributed by atoms with van der Waals surface area (Å²) in [6.07, 6.45) is 1.95. The molecule has 0 fully saturated rings. The summed E-state index contributed by atoms with van der Waals surface area (Å²) >= 11 is 0. The lowest BCUT2D eigenvalue weighted by Gasteiger charge is -2.13. The van der Waals surface area contributed by atoms with Gasteiger partial charge in [0.1, 0.15) is 11.6 Å². The van der Waals surface area contributed by atoms with Gasteiger partial charge in [0.05, 0.1) is 31.9 Å². The summed E-state index contributed by atoms with van der Waals surface area (Å²) < 4.78 is 19.2. The second-order valence-corrected chi connectivity index (χ2v) is 8.02. The maximum atomic E-state index is 5.99. The number of benzene rings is 3. The predicted molar refractivity (Wildman–Crippen MR) is 129 cm³/mol. The van der Waals surface area contributed by atoms with Crippen molar-refractivity contribution in [1.29, 1.82) is 0 Å². The predicted octanol–water partition coefficient (Wildman–Crippen LogP) is 6.20. The van der Waals surface area contributed by atoms with Gasteiger partial charge in [0.25, 0.3) is 0 Å². The average molecular weight is 431 g/mol. The molecule has 0 bridgehead atoms. The maximum Gasteiger partial charge on any atom is 0.161 e. The Kier molecular flexibility index (Phi) is 6.64. The van der Waals surface area contributed by atoms with Crippen LogP contribution in [0.3, 0.4) is 0 Å². The monoisotopic (exact) mass is 430 g/mol. The molecule has 0 spiro atoms. The van der Waals surface area contributed by atoms with E-state index in [2.05, 4.69) is 54.8 Å². The molecule has 0 aliphatic heterocycles. The standard InChI is InChI=1S/C27H30N2O3/c1-19-15-20(2)17-22(16-19)32-14-8-7-13-29-24-10-6-5-9-23(24)28-27(29)21-11-12-25(30-3)26(18-21)31-4/h5-6,9-12,15-18H,7-8,13-14H2,1-4H3. The van der Waals surface area contributed by atoms with Crippen LogP contribution in [0.5, 0.6) is 17.2 Å². The molecule has 5 heteroatoms. The van der Waals surface area contributed by atoms with Gasteiger partial charge in [-0.15, -0.1) is 0 Å². The van der Waals surface area contributed by atoms with Crippen molar-refractivity contribution in [2.75, 3.05) is 20.8 Å². The lowest BCUT2D eigenvalue weighted by Crippen LogP contribution is -2.04. The molecule has 0 saturated heterocycles. The van der Waals surface area contributed by atoms with Gasteiger partial charge in [0, 0.05) is 12.1 Å². The number of para-hydroxylation sites is 2. The minimum atomic E-state index is 0.696. The summed E-state index contributed by atoms with van der Waals surface area (Å²) in [5.41, 5.74) is 5.58. The molecule has 0 aliphatic rings. The van der Waals surface area contributed by atoms with Crippen molar-refractivity contribution in [3.63, 3.8) is 0 Å². The Bertz CT molecular complexity index is 1190. The van der Waals surface area contributed by atoms with E-state index in [1.807, 2.05) is 24.3 Å². The molecule has 5 nitrogen and oxygen atoms in total. The van der Waals surface area contributed by atoms with E-state index < -0.39 is 0 Å². The largest absolute Gasteiger partial charge is 0.494 e. The zero-order valence-corrected chi connectivity index (χ0v) is 19.2. The lowest BCUT2D eigenvalue weighted by atomic mass is 10.1. The molecule has 0 saturated carbocycles. The number of fused-ring (bicyclic) bond motifs is 1. The number of unbranched alkanes of at least 4 members (excludes halogenated alkanes) is 1. The van der Waals surface area contributed by atoms with Crippen LogP contribution in [0.15, 0.2) is 60.7 Å². The highest BCUT2D eigenvalue weighted by Crippen LogP contribution is 2.33. The molecule has 3 aromatic carbocycles. The Morgan fingerprint density at radius 2 is 1.56 bits per heavy atom. The Hall–Kier alpha value is -3.47. The summed E-state index contributed by atoms with van der Waals surface area (Å²) in [7, 11) is 3.30. The molecule has 0 amide bonds. The van der Waals surface area contributed by atoms with E-state index in [9.17, 15) is 0 Å². The molecular weight excluding hydrogens is 400 g/mol. The van der Waals surface area contributed by atoms with Crippen molar-refractivity contribution in [3.05, 3.63) is 71.8 Å². The molecular formula is C27H30N2O3. The fraction of sp³-hybridized carbons (Fsp3) is 0.296. The number of aryl methyl sites for hydroxylation is 3. The van der Waals surface area contributed by atoms with Crippen LogP contribution >= 0.6 is 0 Å². The van der Waals surface area contributed by atoms with Crippen LogP contribution in [0.2, 0.25) is 0 Å². The van der Waals surface area contributed by atoms with Crippen LogP contribution in [-0.2, 0) is 6.54 Å². The Balaban J connectivity index is 1.51. The van der Waals surface area contributed by atoms with Gasteiger partial charge < -0.3 is 18.8 Å². The lowest BCUT2D eigenvalue weighted by molar-refractivity contribution is 0.303. The Morgan fingerprint density at radius 1 is 0.812 bits per heavy atom. The quantitative estimate of drug-likeness (QED) is 0.297. The molecule has 1 aromatic heterocycles. The first-order chi connectivity index (χ1) is 15.6. The third-order valence-corrected chi connectivity index (χ3v) is 5.54. The van der Waals surface area contributed by atoms with Crippen molar-refractivity contribution < 1.29 is 14.2 Å². The number of methoxy groups -OCH3 is 2. The van der Waals surface area contributed by atoms with Crippen LogP contribution in [-0.4, -0.2) is 30.4 Å². The smallest absolute Gasteiger partial charge is 0.161 e. The van der Waals surface area contributed by atoms with Crippen molar-refractivity contribution in [2.45, 2.75) is 33.2 Å². The van der Waals surface area contributed by atoms with Crippen molar-refractivity contribution in [3.8, 4) is 28.6 Å². The van der Waals surface area contributed by atoms with Gasteiger partial charge in [-0.05, 0) is 80.3 Å². The second-order valence-electron chi connectivity index (χ2n) is 8.02. The van der Waals surface area contributed by atoms with E-state index in [1.165, 1.54) is 11.1 Å². The SMILES string of the molecule is COc1ccc(-c2nc3ccccc3n2CCCCOc2cc(C)cc(C)c2)cc1OC. The van der Waals surface area contributed by atoms with E-state index in [0.29, 0.717) is 18.1 Å². The number of ether oxygens (including phenoxy) is 3. The molecule has 0 unspecified atom stereocenters. The first kappa shape index (κ1) is 21.8. The molecule has 0 atom stereocenters. The number of rotatable bonds is 9. The average Bonchev–Trinajstić information content (AvgIpc) is 3.16. The van der Waals surface area contributed by atoms with Gasteiger partial charge in [0.2, 0.25) is 0 Å². The van der Waals surface area contributed by atoms with Gasteiger partial charge in [-0.1, -0.05) is 18.2 Å². The van der Waals surface area contributed by atoms with Crippen LogP contribution in [0.25, 0.3) is 22.4 Å². The van der Waals surface area contributed by atoms with E-state index in [1.54, 1.807) is 14.2 Å². The maximum absolute atomic E-state index is 5.99. The van der Waals surface area contributed by atoms with Crippen molar-refractivity contribution >= 4 is 11.0 Å². The van der Waals surface area contributed by atoms with Crippen LogP contribution < -0.4 is 14.2 Å². The summed E-state index contributed by atoms with van der Waals surface area (Å²) in [6, 6.07) is 20.5. The molecule has 4 rings (SSSR count). The fourth-order valence-corrected chi connectivity index (χ4v) is 4.08. The summed E-state index contributed by atoms with van der Waals surface area (Å²) in [6.45, 7) is 5.75. The Morgan fingerprint density at radius 3 is 2.31 bits per heavy atom. The van der Waals surface area contributed by atoms with Crippen molar-refractivity contribution in [2.24, 2.45) is 0 Å². The molecule has 1 heterocycles. The summed E-state index contributed by atoms with van der Waals surface area (Å²) in [4.78, 5) is 4.92. The van der Waals surface area contributed by atoms with E-state index in [-0.39, 0.29) is 0 Å². The number of hydrogen-bond acceptors (Lipinski definition) is 4. The fourth-order valence-electron chi connectivity index (χ4n) is 4.08. The van der Waals surface area contributed by atoms with E-state index in [4.69, 9.17) is 19.2 Å². The van der Waals surface area contributed by atoms with Gasteiger partial charge in [0.15, 0.2) is 11.5 Å². The number of aromatic nitrogens is 2.